The van der Waals surface area contributed by atoms with Crippen LogP contribution in [0.3, 0.4) is 0 Å². The zero-order valence-electron chi connectivity index (χ0n) is 10.9. The highest BCUT2D eigenvalue weighted by atomic mass is 35.5. The van der Waals surface area contributed by atoms with Crippen molar-refractivity contribution in [1.29, 1.82) is 0 Å². The van der Waals surface area contributed by atoms with Crippen molar-refractivity contribution in [2.75, 3.05) is 25.0 Å². The second-order valence-electron chi connectivity index (χ2n) is 4.90. The molecular formula is C14H17ClN4. The Morgan fingerprint density at radius 2 is 2.00 bits per heavy atom. The molecule has 5 heteroatoms. The molecule has 1 fully saturated rings. The van der Waals surface area contributed by atoms with E-state index in [0.717, 1.165) is 36.4 Å². The van der Waals surface area contributed by atoms with E-state index in [1.807, 2.05) is 31.3 Å². The van der Waals surface area contributed by atoms with Gasteiger partial charge in [0.15, 0.2) is 11.0 Å². The van der Waals surface area contributed by atoms with Crippen molar-refractivity contribution in [1.82, 2.24) is 15.3 Å². The van der Waals surface area contributed by atoms with E-state index in [-0.39, 0.29) is 0 Å². The molecule has 1 aromatic heterocycles. The minimum Gasteiger partial charge on any atom is -0.352 e. The lowest BCUT2D eigenvalue weighted by Gasteiger charge is -2.33. The van der Waals surface area contributed by atoms with Crippen LogP contribution in [0.5, 0.6) is 0 Å². The predicted molar refractivity (Wildman–Crippen MR) is 78.8 cm³/mol. The van der Waals surface area contributed by atoms with Gasteiger partial charge in [-0.15, -0.1) is 0 Å². The Bertz CT molecular complexity index is 587. The van der Waals surface area contributed by atoms with E-state index in [4.69, 9.17) is 11.6 Å². The van der Waals surface area contributed by atoms with Crippen molar-refractivity contribution in [3.05, 3.63) is 29.4 Å². The molecule has 0 unspecified atom stereocenters. The number of rotatable bonds is 2. The summed E-state index contributed by atoms with van der Waals surface area (Å²) in [6.07, 6.45) is 2.35. The monoisotopic (exact) mass is 276 g/mol. The average Bonchev–Trinajstić information content (AvgIpc) is 2.46. The van der Waals surface area contributed by atoms with Crippen LogP contribution in [0.1, 0.15) is 12.8 Å². The number of nitrogens with zero attached hydrogens (tertiary/aromatic N) is 3. The van der Waals surface area contributed by atoms with Crippen molar-refractivity contribution < 1.29 is 0 Å². The summed E-state index contributed by atoms with van der Waals surface area (Å²) in [6.45, 7) is 1.92. The zero-order valence-corrected chi connectivity index (χ0v) is 11.7. The number of anilines is 1. The number of likely N-dealkylation sites (N-methyl/N-ethyl adjacent to an activating group) is 1. The first-order valence-electron chi connectivity index (χ1n) is 6.62. The smallest absolute Gasteiger partial charge is 0.172 e. The van der Waals surface area contributed by atoms with Gasteiger partial charge in [0.05, 0.1) is 11.0 Å². The molecule has 100 valence electrons. The van der Waals surface area contributed by atoms with E-state index < -0.39 is 0 Å². The zero-order chi connectivity index (χ0) is 13.2. The van der Waals surface area contributed by atoms with Crippen molar-refractivity contribution in [2.24, 2.45) is 0 Å². The fourth-order valence-corrected chi connectivity index (χ4v) is 2.83. The van der Waals surface area contributed by atoms with Crippen LogP contribution in [0.25, 0.3) is 11.0 Å². The Morgan fingerprint density at radius 1 is 1.26 bits per heavy atom. The summed E-state index contributed by atoms with van der Waals surface area (Å²) in [5, 5.41) is 3.82. The number of piperidine rings is 1. The Labute approximate surface area is 117 Å². The maximum atomic E-state index is 6.29. The Morgan fingerprint density at radius 3 is 2.74 bits per heavy atom. The first-order valence-corrected chi connectivity index (χ1v) is 7.00. The number of hydrogen-bond acceptors (Lipinski definition) is 4. The molecule has 0 radical (unpaired) electrons. The van der Waals surface area contributed by atoms with Crippen LogP contribution in [-0.4, -0.2) is 36.1 Å². The molecule has 0 aliphatic carbocycles. The molecule has 3 rings (SSSR count). The van der Waals surface area contributed by atoms with Crippen LogP contribution in [0.2, 0.25) is 5.15 Å². The van der Waals surface area contributed by atoms with Crippen LogP contribution < -0.4 is 10.2 Å². The fraction of sp³-hybridized carbons (Fsp3) is 0.429. The van der Waals surface area contributed by atoms with Gasteiger partial charge >= 0.3 is 0 Å². The minimum absolute atomic E-state index is 0.496. The number of para-hydroxylation sites is 2. The molecule has 1 aliphatic rings. The molecule has 0 saturated carbocycles. The standard InChI is InChI=1S/C14H17ClN4/c1-16-10-5-4-8-19(9-10)14-13(15)17-11-6-2-3-7-12(11)18-14/h2-3,6-7,10,16H,4-5,8-9H2,1H3/t10-/m0/s1. The number of nitrogens with one attached hydrogen (secondary N) is 1. The minimum atomic E-state index is 0.496. The lowest BCUT2D eigenvalue weighted by molar-refractivity contribution is 0.447. The molecule has 1 atom stereocenters. The summed E-state index contributed by atoms with van der Waals surface area (Å²) in [5.74, 6) is 0.806. The molecule has 4 nitrogen and oxygen atoms in total. The summed E-state index contributed by atoms with van der Waals surface area (Å²) in [5.41, 5.74) is 1.74. The molecule has 0 bridgehead atoms. The van der Waals surface area contributed by atoms with Crippen molar-refractivity contribution in [2.45, 2.75) is 18.9 Å². The van der Waals surface area contributed by atoms with E-state index in [1.165, 1.54) is 6.42 Å². The van der Waals surface area contributed by atoms with Gasteiger partial charge in [0.25, 0.3) is 0 Å². The summed E-state index contributed by atoms with van der Waals surface area (Å²) >= 11 is 6.29. The molecule has 1 N–H and O–H groups in total. The highest BCUT2D eigenvalue weighted by molar-refractivity contribution is 6.32. The van der Waals surface area contributed by atoms with Gasteiger partial charge in [-0.2, -0.15) is 0 Å². The number of halogens is 1. The first kappa shape index (κ1) is 12.6. The Kier molecular flexibility index (Phi) is 3.53. The van der Waals surface area contributed by atoms with Gasteiger partial charge in [0, 0.05) is 19.1 Å². The van der Waals surface area contributed by atoms with E-state index in [1.54, 1.807) is 0 Å². The Hall–Kier alpha value is -1.39. The third kappa shape index (κ3) is 2.51. The quantitative estimate of drug-likeness (QED) is 0.915. The third-order valence-electron chi connectivity index (χ3n) is 3.64. The molecule has 1 saturated heterocycles. The molecule has 2 aromatic rings. The van der Waals surface area contributed by atoms with Crippen LogP contribution in [0.15, 0.2) is 24.3 Å². The normalized spacial score (nSPS) is 19.9. The van der Waals surface area contributed by atoms with Crippen LogP contribution in [-0.2, 0) is 0 Å². The molecule has 0 spiro atoms. The summed E-state index contributed by atoms with van der Waals surface area (Å²) in [6, 6.07) is 8.33. The van der Waals surface area contributed by atoms with Gasteiger partial charge in [-0.3, -0.25) is 0 Å². The molecule has 1 aliphatic heterocycles. The number of aromatic nitrogens is 2. The van der Waals surface area contributed by atoms with Crippen molar-refractivity contribution >= 4 is 28.5 Å². The highest BCUT2D eigenvalue weighted by Crippen LogP contribution is 2.27. The maximum Gasteiger partial charge on any atom is 0.172 e. The van der Waals surface area contributed by atoms with Crippen molar-refractivity contribution in [3.8, 4) is 0 Å². The first-order chi connectivity index (χ1) is 9.28. The van der Waals surface area contributed by atoms with E-state index >= 15 is 0 Å². The average molecular weight is 277 g/mol. The van der Waals surface area contributed by atoms with Crippen LogP contribution in [0.4, 0.5) is 5.82 Å². The van der Waals surface area contributed by atoms with Gasteiger partial charge in [0.2, 0.25) is 0 Å². The largest absolute Gasteiger partial charge is 0.352 e. The molecule has 1 aromatic carbocycles. The second kappa shape index (κ2) is 5.31. The number of fused-ring (bicyclic) bond motifs is 1. The van der Waals surface area contributed by atoms with Gasteiger partial charge in [-0.05, 0) is 32.0 Å². The van der Waals surface area contributed by atoms with E-state index in [2.05, 4.69) is 20.2 Å². The van der Waals surface area contributed by atoms with Crippen molar-refractivity contribution in [3.63, 3.8) is 0 Å². The summed E-state index contributed by atoms with van der Waals surface area (Å²) in [4.78, 5) is 11.3. The van der Waals surface area contributed by atoms with Crippen LogP contribution >= 0.6 is 11.6 Å². The summed E-state index contributed by atoms with van der Waals surface area (Å²) < 4.78 is 0. The maximum absolute atomic E-state index is 6.29. The molecular weight excluding hydrogens is 260 g/mol. The lowest BCUT2D eigenvalue weighted by atomic mass is 10.1. The molecule has 0 amide bonds. The predicted octanol–water partition coefficient (Wildman–Crippen LogP) is 2.47. The Balaban J connectivity index is 1.97. The third-order valence-corrected chi connectivity index (χ3v) is 3.89. The highest BCUT2D eigenvalue weighted by Gasteiger charge is 2.22. The molecule has 2 heterocycles. The van der Waals surface area contributed by atoms with Crippen LogP contribution in [0, 0.1) is 0 Å². The lowest BCUT2D eigenvalue weighted by Crippen LogP contribution is -2.44. The topological polar surface area (TPSA) is 41.0 Å². The van der Waals surface area contributed by atoms with Gasteiger partial charge in [-0.1, -0.05) is 23.7 Å². The SMILES string of the molecule is CN[C@H]1CCCN(c2nc3ccccc3nc2Cl)C1. The fourth-order valence-electron chi connectivity index (χ4n) is 2.58. The van der Waals surface area contributed by atoms with Gasteiger partial charge in [0.1, 0.15) is 0 Å². The van der Waals surface area contributed by atoms with Gasteiger partial charge < -0.3 is 10.2 Å². The van der Waals surface area contributed by atoms with E-state index in [0.29, 0.717) is 11.2 Å². The van der Waals surface area contributed by atoms with E-state index in [9.17, 15) is 0 Å². The number of benzene rings is 1. The van der Waals surface area contributed by atoms with Gasteiger partial charge in [-0.25, -0.2) is 9.97 Å². The summed E-state index contributed by atoms with van der Waals surface area (Å²) in [7, 11) is 2.00. The molecule has 19 heavy (non-hydrogen) atoms. The second-order valence-corrected chi connectivity index (χ2v) is 5.26. The number of hydrogen-bond donors (Lipinski definition) is 1.